The summed E-state index contributed by atoms with van der Waals surface area (Å²) in [5, 5.41) is 5.77. The molecule has 2 N–H and O–H groups in total. The number of carbonyl (C=O) groups excluding carboxylic acids is 2. The molecule has 0 aliphatic rings. The summed E-state index contributed by atoms with van der Waals surface area (Å²) in [6.45, 7) is 7.81. The Kier molecular flexibility index (Phi) is 6.56. The first-order chi connectivity index (χ1) is 12.3. The zero-order chi connectivity index (χ0) is 19.2. The topological polar surface area (TPSA) is 58.2 Å². The summed E-state index contributed by atoms with van der Waals surface area (Å²) in [6, 6.07) is 15.9. The fourth-order valence-corrected chi connectivity index (χ4v) is 2.63. The third-order valence-electron chi connectivity index (χ3n) is 4.76. The van der Waals surface area contributed by atoms with Gasteiger partial charge in [-0.15, -0.1) is 0 Å². The number of hydrogen-bond acceptors (Lipinski definition) is 2. The predicted molar refractivity (Wildman–Crippen MR) is 106 cm³/mol. The maximum Gasteiger partial charge on any atom is 0.239 e. The first-order valence-corrected chi connectivity index (χ1v) is 9.02. The molecule has 0 aliphatic heterocycles. The van der Waals surface area contributed by atoms with Crippen LogP contribution in [0.3, 0.4) is 0 Å². The number of anilines is 1. The predicted octanol–water partition coefficient (Wildman–Crippen LogP) is 4.02. The van der Waals surface area contributed by atoms with Crippen molar-refractivity contribution in [2.24, 2.45) is 5.41 Å². The molecule has 2 rings (SSSR count). The second kappa shape index (κ2) is 8.65. The van der Waals surface area contributed by atoms with Gasteiger partial charge in [0.05, 0.1) is 0 Å². The molecule has 0 saturated heterocycles. The molecule has 0 aromatic heterocycles. The van der Waals surface area contributed by atoms with Gasteiger partial charge in [0.1, 0.15) is 5.41 Å². The molecule has 2 aromatic carbocycles. The maximum atomic E-state index is 12.6. The lowest BCUT2D eigenvalue weighted by Crippen LogP contribution is -2.45. The van der Waals surface area contributed by atoms with Crippen LogP contribution in [0.25, 0.3) is 0 Å². The molecule has 0 spiro atoms. The molecule has 2 aromatic rings. The Morgan fingerprint density at radius 3 is 2.31 bits per heavy atom. The molecule has 2 amide bonds. The molecule has 0 saturated carbocycles. The van der Waals surface area contributed by atoms with Crippen LogP contribution in [-0.2, 0) is 16.0 Å². The van der Waals surface area contributed by atoms with Crippen molar-refractivity contribution in [1.29, 1.82) is 0 Å². The largest absolute Gasteiger partial charge is 0.355 e. The van der Waals surface area contributed by atoms with Crippen LogP contribution in [0.15, 0.2) is 48.5 Å². The molecule has 26 heavy (non-hydrogen) atoms. The standard InChI is InChI=1S/C22H28N2O2/c1-16-10-8-14-19(17(16)2)24-21(26)22(3,4)20(25)23-15-9-13-18-11-6-5-7-12-18/h5-8,10-12,14H,9,13,15H2,1-4H3,(H,23,25)(H,24,26). The van der Waals surface area contributed by atoms with Crippen LogP contribution in [0.1, 0.15) is 37.0 Å². The lowest BCUT2D eigenvalue weighted by Gasteiger charge is -2.23. The maximum absolute atomic E-state index is 12.6. The highest BCUT2D eigenvalue weighted by atomic mass is 16.2. The smallest absolute Gasteiger partial charge is 0.239 e. The minimum atomic E-state index is -1.14. The van der Waals surface area contributed by atoms with Crippen LogP contribution < -0.4 is 10.6 Å². The van der Waals surface area contributed by atoms with Gasteiger partial charge in [0.2, 0.25) is 11.8 Å². The van der Waals surface area contributed by atoms with Crippen molar-refractivity contribution in [2.45, 2.75) is 40.5 Å². The molecule has 0 bridgehead atoms. The summed E-state index contributed by atoms with van der Waals surface area (Å²) in [5.74, 6) is -0.555. The SMILES string of the molecule is Cc1cccc(NC(=O)C(C)(C)C(=O)NCCCc2ccccc2)c1C. The molecule has 4 heteroatoms. The third kappa shape index (κ3) is 4.94. The van der Waals surface area contributed by atoms with Gasteiger partial charge in [-0.05, 0) is 63.3 Å². The molecule has 0 radical (unpaired) electrons. The number of aryl methyl sites for hydroxylation is 2. The van der Waals surface area contributed by atoms with Gasteiger partial charge >= 0.3 is 0 Å². The number of amides is 2. The summed E-state index contributed by atoms with van der Waals surface area (Å²) < 4.78 is 0. The summed E-state index contributed by atoms with van der Waals surface area (Å²) in [7, 11) is 0. The Morgan fingerprint density at radius 1 is 0.923 bits per heavy atom. The number of nitrogens with one attached hydrogen (secondary N) is 2. The average Bonchev–Trinajstić information content (AvgIpc) is 2.63. The second-order valence-electron chi connectivity index (χ2n) is 7.17. The Bertz CT molecular complexity index is 767. The molecule has 0 fully saturated rings. The van der Waals surface area contributed by atoms with Crippen LogP contribution >= 0.6 is 0 Å². The summed E-state index contributed by atoms with van der Waals surface area (Å²) in [4.78, 5) is 25.1. The third-order valence-corrected chi connectivity index (χ3v) is 4.76. The van der Waals surface area contributed by atoms with E-state index >= 15 is 0 Å². The van der Waals surface area contributed by atoms with E-state index < -0.39 is 5.41 Å². The van der Waals surface area contributed by atoms with Crippen molar-refractivity contribution in [3.63, 3.8) is 0 Å². The first kappa shape index (κ1) is 19.7. The molecule has 0 heterocycles. The minimum Gasteiger partial charge on any atom is -0.355 e. The van der Waals surface area contributed by atoms with Gasteiger partial charge in [-0.3, -0.25) is 9.59 Å². The van der Waals surface area contributed by atoms with Gasteiger partial charge in [-0.25, -0.2) is 0 Å². The van der Waals surface area contributed by atoms with Crippen molar-refractivity contribution in [3.8, 4) is 0 Å². The van der Waals surface area contributed by atoms with E-state index in [9.17, 15) is 9.59 Å². The van der Waals surface area contributed by atoms with E-state index in [0.717, 1.165) is 29.7 Å². The number of hydrogen-bond donors (Lipinski definition) is 2. The fourth-order valence-electron chi connectivity index (χ4n) is 2.63. The average molecular weight is 352 g/mol. The molecular formula is C22H28N2O2. The summed E-state index contributed by atoms with van der Waals surface area (Å²) in [6.07, 6.45) is 1.74. The minimum absolute atomic E-state index is 0.256. The first-order valence-electron chi connectivity index (χ1n) is 9.02. The van der Waals surface area contributed by atoms with Gasteiger partial charge in [0, 0.05) is 12.2 Å². The highest BCUT2D eigenvalue weighted by molar-refractivity contribution is 6.10. The Morgan fingerprint density at radius 2 is 1.62 bits per heavy atom. The van der Waals surface area contributed by atoms with Crippen LogP contribution in [0, 0.1) is 19.3 Å². The fraction of sp³-hybridized carbons (Fsp3) is 0.364. The Labute approximate surface area is 156 Å². The highest BCUT2D eigenvalue weighted by Crippen LogP contribution is 2.23. The van der Waals surface area contributed by atoms with E-state index in [0.29, 0.717) is 6.54 Å². The summed E-state index contributed by atoms with van der Waals surface area (Å²) in [5.41, 5.74) is 2.97. The number of carbonyl (C=O) groups is 2. The summed E-state index contributed by atoms with van der Waals surface area (Å²) >= 11 is 0. The van der Waals surface area contributed by atoms with Crippen molar-refractivity contribution in [2.75, 3.05) is 11.9 Å². The van der Waals surface area contributed by atoms with Crippen molar-refractivity contribution in [1.82, 2.24) is 5.32 Å². The normalized spacial score (nSPS) is 11.1. The molecule has 0 unspecified atom stereocenters. The zero-order valence-electron chi connectivity index (χ0n) is 16.1. The van der Waals surface area contributed by atoms with Crippen molar-refractivity contribution < 1.29 is 9.59 Å². The van der Waals surface area contributed by atoms with E-state index in [-0.39, 0.29) is 11.8 Å². The second-order valence-corrected chi connectivity index (χ2v) is 7.17. The van der Waals surface area contributed by atoms with Gasteiger partial charge in [-0.2, -0.15) is 0 Å². The van der Waals surface area contributed by atoms with Crippen LogP contribution in [0.2, 0.25) is 0 Å². The van der Waals surface area contributed by atoms with Crippen molar-refractivity contribution in [3.05, 3.63) is 65.2 Å². The molecule has 138 valence electrons. The van der Waals surface area contributed by atoms with Crippen LogP contribution in [-0.4, -0.2) is 18.4 Å². The quantitative estimate of drug-likeness (QED) is 0.584. The van der Waals surface area contributed by atoms with E-state index in [1.807, 2.05) is 50.2 Å². The number of benzene rings is 2. The molecule has 0 aliphatic carbocycles. The molecular weight excluding hydrogens is 324 g/mol. The highest BCUT2D eigenvalue weighted by Gasteiger charge is 2.36. The number of rotatable bonds is 7. The van der Waals surface area contributed by atoms with Gasteiger partial charge in [-0.1, -0.05) is 42.5 Å². The Hall–Kier alpha value is -2.62. The van der Waals surface area contributed by atoms with E-state index in [4.69, 9.17) is 0 Å². The molecule has 4 nitrogen and oxygen atoms in total. The van der Waals surface area contributed by atoms with Crippen LogP contribution in [0.4, 0.5) is 5.69 Å². The van der Waals surface area contributed by atoms with Crippen LogP contribution in [0.5, 0.6) is 0 Å². The van der Waals surface area contributed by atoms with E-state index in [1.54, 1.807) is 13.8 Å². The van der Waals surface area contributed by atoms with Gasteiger partial charge < -0.3 is 10.6 Å². The zero-order valence-corrected chi connectivity index (χ0v) is 16.1. The van der Waals surface area contributed by atoms with Gasteiger partial charge in [0.15, 0.2) is 0 Å². The monoisotopic (exact) mass is 352 g/mol. The molecule has 0 atom stereocenters. The lowest BCUT2D eigenvalue weighted by molar-refractivity contribution is -0.138. The van der Waals surface area contributed by atoms with E-state index in [2.05, 4.69) is 22.8 Å². The van der Waals surface area contributed by atoms with E-state index in [1.165, 1.54) is 5.56 Å². The lowest BCUT2D eigenvalue weighted by atomic mass is 9.90. The Balaban J connectivity index is 1.87. The van der Waals surface area contributed by atoms with Gasteiger partial charge in [0.25, 0.3) is 0 Å². The van der Waals surface area contributed by atoms with Crippen molar-refractivity contribution >= 4 is 17.5 Å².